The number of rotatable bonds is 5. The first kappa shape index (κ1) is 19.2. The third kappa shape index (κ3) is 4.69. The van der Waals surface area contributed by atoms with Crippen LogP contribution in [0.25, 0.3) is 0 Å². The molecule has 0 radical (unpaired) electrons. The second-order valence-corrected chi connectivity index (χ2v) is 7.64. The largest absolute Gasteiger partial charge is 0.387 e. The average molecular weight is 343 g/mol. The van der Waals surface area contributed by atoms with Crippen molar-refractivity contribution in [1.82, 2.24) is 15.1 Å². The predicted octanol–water partition coefficient (Wildman–Crippen LogP) is 2.73. The number of nitrogens with zero attached hydrogens (tertiary/aromatic N) is 2. The summed E-state index contributed by atoms with van der Waals surface area (Å²) in [4.78, 5) is 12.2. The second kappa shape index (κ2) is 7.40. The van der Waals surface area contributed by atoms with E-state index >= 15 is 0 Å². The Balaban J connectivity index is 1.93. The van der Waals surface area contributed by atoms with Crippen LogP contribution in [-0.4, -0.2) is 27.3 Å². The molecule has 136 valence electrons. The first-order chi connectivity index (χ1) is 11.6. The summed E-state index contributed by atoms with van der Waals surface area (Å²) in [6, 6.07) is 7.91. The van der Waals surface area contributed by atoms with Gasteiger partial charge in [-0.3, -0.25) is 9.48 Å². The standard InChI is InChI=1S/C20H29N3O2/c1-13-17(14(2)23(6)22-13)11-19(25)21-12-18(24)15-7-9-16(10-8-15)20(3,4)5/h7-10,18,24H,11-12H2,1-6H3,(H,21,25). The van der Waals surface area contributed by atoms with Crippen molar-refractivity contribution in [1.29, 1.82) is 0 Å². The molecule has 0 spiro atoms. The van der Waals surface area contributed by atoms with Crippen LogP contribution in [0.1, 0.15) is 55.0 Å². The Labute approximate surface area is 150 Å². The van der Waals surface area contributed by atoms with Gasteiger partial charge in [0.15, 0.2) is 0 Å². The van der Waals surface area contributed by atoms with E-state index < -0.39 is 6.10 Å². The number of aliphatic hydroxyl groups is 1. The lowest BCUT2D eigenvalue weighted by atomic mass is 9.86. The quantitative estimate of drug-likeness (QED) is 0.877. The molecule has 1 amide bonds. The molecule has 2 rings (SSSR count). The molecule has 5 nitrogen and oxygen atoms in total. The fraction of sp³-hybridized carbons (Fsp3) is 0.500. The van der Waals surface area contributed by atoms with Crippen molar-refractivity contribution < 1.29 is 9.90 Å². The van der Waals surface area contributed by atoms with Gasteiger partial charge in [-0.05, 0) is 30.4 Å². The fourth-order valence-electron chi connectivity index (χ4n) is 2.83. The maximum absolute atomic E-state index is 12.2. The van der Waals surface area contributed by atoms with Gasteiger partial charge in [-0.25, -0.2) is 0 Å². The van der Waals surface area contributed by atoms with Crippen LogP contribution in [0, 0.1) is 13.8 Å². The van der Waals surface area contributed by atoms with Crippen molar-refractivity contribution in [3.05, 3.63) is 52.3 Å². The number of carbonyl (C=O) groups excluding carboxylic acids is 1. The van der Waals surface area contributed by atoms with Crippen molar-refractivity contribution >= 4 is 5.91 Å². The molecular formula is C20H29N3O2. The summed E-state index contributed by atoms with van der Waals surface area (Å²) in [5.41, 5.74) is 4.91. The van der Waals surface area contributed by atoms with Gasteiger partial charge in [0, 0.05) is 24.8 Å². The Hall–Kier alpha value is -2.14. The zero-order chi connectivity index (χ0) is 18.8. The molecule has 5 heteroatoms. The lowest BCUT2D eigenvalue weighted by molar-refractivity contribution is -0.120. The molecular weight excluding hydrogens is 314 g/mol. The molecule has 0 aliphatic carbocycles. The fourth-order valence-corrected chi connectivity index (χ4v) is 2.83. The van der Waals surface area contributed by atoms with Gasteiger partial charge in [0.2, 0.25) is 5.91 Å². The van der Waals surface area contributed by atoms with Gasteiger partial charge in [-0.2, -0.15) is 5.10 Å². The van der Waals surface area contributed by atoms with E-state index in [2.05, 4.69) is 31.2 Å². The van der Waals surface area contributed by atoms with Gasteiger partial charge >= 0.3 is 0 Å². The highest BCUT2D eigenvalue weighted by molar-refractivity contribution is 5.79. The minimum Gasteiger partial charge on any atom is -0.387 e. The third-order valence-corrected chi connectivity index (χ3v) is 4.65. The van der Waals surface area contributed by atoms with E-state index in [1.54, 1.807) is 4.68 Å². The summed E-state index contributed by atoms with van der Waals surface area (Å²) in [5.74, 6) is -0.107. The Morgan fingerprint density at radius 2 is 1.84 bits per heavy atom. The van der Waals surface area contributed by atoms with Crippen molar-refractivity contribution in [2.24, 2.45) is 7.05 Å². The normalized spacial score (nSPS) is 12.9. The van der Waals surface area contributed by atoms with Crippen molar-refractivity contribution in [2.45, 2.75) is 52.6 Å². The summed E-state index contributed by atoms with van der Waals surface area (Å²) in [5, 5.41) is 17.4. The van der Waals surface area contributed by atoms with E-state index in [1.807, 2.05) is 45.2 Å². The number of aryl methyl sites for hydroxylation is 2. The molecule has 0 fully saturated rings. The van der Waals surface area contributed by atoms with Crippen LogP contribution in [0.15, 0.2) is 24.3 Å². The number of hydrogen-bond donors (Lipinski definition) is 2. The Morgan fingerprint density at radius 3 is 2.32 bits per heavy atom. The number of benzene rings is 1. The molecule has 0 saturated heterocycles. The van der Waals surface area contributed by atoms with Gasteiger partial charge in [0.1, 0.15) is 0 Å². The molecule has 1 atom stereocenters. The van der Waals surface area contributed by atoms with E-state index in [0.717, 1.165) is 22.5 Å². The molecule has 1 aromatic carbocycles. The Morgan fingerprint density at radius 1 is 1.24 bits per heavy atom. The zero-order valence-corrected chi connectivity index (χ0v) is 16.1. The highest BCUT2D eigenvalue weighted by Crippen LogP contribution is 2.23. The molecule has 0 aliphatic heterocycles. The minimum absolute atomic E-state index is 0.0805. The summed E-state index contributed by atoms with van der Waals surface area (Å²) >= 11 is 0. The monoisotopic (exact) mass is 343 g/mol. The highest BCUT2D eigenvalue weighted by atomic mass is 16.3. The lowest BCUT2D eigenvalue weighted by Gasteiger charge is -2.20. The number of nitrogens with one attached hydrogen (secondary N) is 1. The van der Waals surface area contributed by atoms with Gasteiger partial charge in [-0.15, -0.1) is 0 Å². The Bertz CT molecular complexity index is 740. The van der Waals surface area contributed by atoms with E-state index in [9.17, 15) is 9.90 Å². The van der Waals surface area contributed by atoms with E-state index in [0.29, 0.717) is 0 Å². The number of amides is 1. The molecule has 0 aliphatic rings. The minimum atomic E-state index is -0.714. The molecule has 1 aromatic heterocycles. The maximum Gasteiger partial charge on any atom is 0.224 e. The smallest absolute Gasteiger partial charge is 0.224 e. The van der Waals surface area contributed by atoms with Crippen LogP contribution >= 0.6 is 0 Å². The topological polar surface area (TPSA) is 67.2 Å². The van der Waals surface area contributed by atoms with Crippen molar-refractivity contribution in [2.75, 3.05) is 6.54 Å². The van der Waals surface area contributed by atoms with Crippen LogP contribution in [-0.2, 0) is 23.7 Å². The molecule has 25 heavy (non-hydrogen) atoms. The summed E-state index contributed by atoms with van der Waals surface area (Å²) in [7, 11) is 1.87. The first-order valence-electron chi connectivity index (χ1n) is 8.64. The third-order valence-electron chi connectivity index (χ3n) is 4.65. The highest BCUT2D eigenvalue weighted by Gasteiger charge is 2.16. The van der Waals surface area contributed by atoms with Gasteiger partial charge in [-0.1, -0.05) is 45.0 Å². The second-order valence-electron chi connectivity index (χ2n) is 7.64. The molecule has 1 unspecified atom stereocenters. The van der Waals surface area contributed by atoms with Crippen LogP contribution in [0.3, 0.4) is 0 Å². The molecule has 2 N–H and O–H groups in total. The van der Waals surface area contributed by atoms with E-state index in [1.165, 1.54) is 5.56 Å². The number of aliphatic hydroxyl groups excluding tert-OH is 1. The summed E-state index contributed by atoms with van der Waals surface area (Å²) < 4.78 is 1.78. The van der Waals surface area contributed by atoms with Crippen molar-refractivity contribution in [3.63, 3.8) is 0 Å². The summed E-state index contributed by atoms with van der Waals surface area (Å²) in [6.07, 6.45) is -0.435. The zero-order valence-electron chi connectivity index (χ0n) is 16.1. The van der Waals surface area contributed by atoms with Crippen LogP contribution < -0.4 is 5.32 Å². The predicted molar refractivity (Wildman–Crippen MR) is 99.5 cm³/mol. The van der Waals surface area contributed by atoms with Crippen LogP contribution in [0.2, 0.25) is 0 Å². The van der Waals surface area contributed by atoms with E-state index in [-0.39, 0.29) is 24.3 Å². The lowest BCUT2D eigenvalue weighted by Crippen LogP contribution is -2.30. The molecule has 0 saturated carbocycles. The van der Waals surface area contributed by atoms with Crippen LogP contribution in [0.4, 0.5) is 0 Å². The molecule has 2 aromatic rings. The first-order valence-corrected chi connectivity index (χ1v) is 8.64. The van der Waals surface area contributed by atoms with Gasteiger partial charge < -0.3 is 10.4 Å². The molecule has 0 bridgehead atoms. The number of hydrogen-bond acceptors (Lipinski definition) is 3. The van der Waals surface area contributed by atoms with Crippen LogP contribution in [0.5, 0.6) is 0 Å². The Kier molecular flexibility index (Phi) is 5.68. The molecule has 1 heterocycles. The summed E-state index contributed by atoms with van der Waals surface area (Å²) in [6.45, 7) is 10.5. The van der Waals surface area contributed by atoms with E-state index in [4.69, 9.17) is 0 Å². The average Bonchev–Trinajstić information content (AvgIpc) is 2.78. The maximum atomic E-state index is 12.2. The van der Waals surface area contributed by atoms with Gasteiger partial charge in [0.05, 0.1) is 18.2 Å². The SMILES string of the molecule is Cc1nn(C)c(C)c1CC(=O)NCC(O)c1ccc(C(C)(C)C)cc1. The number of aromatic nitrogens is 2. The number of carbonyl (C=O) groups is 1. The van der Waals surface area contributed by atoms with Crippen molar-refractivity contribution in [3.8, 4) is 0 Å². The van der Waals surface area contributed by atoms with Gasteiger partial charge in [0.25, 0.3) is 0 Å².